The molecule has 1 aromatic heterocycles. The van der Waals surface area contributed by atoms with Crippen LogP contribution in [0.4, 0.5) is 0 Å². The van der Waals surface area contributed by atoms with Gasteiger partial charge < -0.3 is 10.0 Å². The molecular weight excluding hydrogens is 206 g/mol. The van der Waals surface area contributed by atoms with E-state index < -0.39 is 5.60 Å². The first-order valence-corrected chi connectivity index (χ1v) is 6.71. The van der Waals surface area contributed by atoms with Crippen LogP contribution in [-0.4, -0.2) is 29.1 Å². The minimum absolute atomic E-state index is 0.536. The van der Waals surface area contributed by atoms with E-state index in [0.29, 0.717) is 6.04 Å². The molecule has 82 valence electrons. The van der Waals surface area contributed by atoms with Gasteiger partial charge in [0.15, 0.2) is 0 Å². The van der Waals surface area contributed by atoms with Gasteiger partial charge in [0.05, 0.1) is 5.60 Å². The fourth-order valence-corrected chi connectivity index (χ4v) is 3.78. The zero-order chi connectivity index (χ0) is 10.3. The molecule has 2 nitrogen and oxygen atoms in total. The molecule has 0 saturated carbocycles. The first kappa shape index (κ1) is 9.82. The molecule has 3 rings (SSSR count). The van der Waals surface area contributed by atoms with E-state index in [0.717, 1.165) is 24.9 Å². The third kappa shape index (κ3) is 1.63. The maximum Gasteiger partial charge on any atom is 0.0931 e. The molecule has 0 spiro atoms. The monoisotopic (exact) mass is 223 g/mol. The van der Waals surface area contributed by atoms with Crippen molar-refractivity contribution in [3.05, 3.63) is 22.4 Å². The Morgan fingerprint density at radius 1 is 1.47 bits per heavy atom. The largest absolute Gasteiger partial charge is 0.385 e. The van der Waals surface area contributed by atoms with E-state index in [1.165, 1.54) is 19.4 Å². The van der Waals surface area contributed by atoms with E-state index in [-0.39, 0.29) is 0 Å². The molecule has 3 heterocycles. The number of hydrogen-bond acceptors (Lipinski definition) is 3. The fraction of sp³-hybridized carbons (Fsp3) is 0.667. The van der Waals surface area contributed by atoms with Crippen LogP contribution in [0.5, 0.6) is 0 Å². The molecule has 2 atom stereocenters. The third-order valence-corrected chi connectivity index (χ3v) is 4.63. The summed E-state index contributed by atoms with van der Waals surface area (Å²) in [5.41, 5.74) is 0.602. The van der Waals surface area contributed by atoms with Crippen molar-refractivity contribution in [3.8, 4) is 0 Å². The van der Waals surface area contributed by atoms with E-state index >= 15 is 0 Å². The SMILES string of the molecule is OC1(c2ccsc2)CCN2CCCC2C1. The second kappa shape index (κ2) is 3.58. The number of thiophene rings is 1. The first-order valence-electron chi connectivity index (χ1n) is 5.77. The highest BCUT2D eigenvalue weighted by Gasteiger charge is 2.41. The molecule has 0 bridgehead atoms. The molecule has 0 amide bonds. The van der Waals surface area contributed by atoms with Crippen molar-refractivity contribution in [2.45, 2.75) is 37.3 Å². The molecule has 15 heavy (non-hydrogen) atoms. The summed E-state index contributed by atoms with van der Waals surface area (Å²) in [6.07, 6.45) is 4.42. The van der Waals surface area contributed by atoms with Gasteiger partial charge in [-0.2, -0.15) is 11.3 Å². The Balaban J connectivity index is 1.83. The van der Waals surface area contributed by atoms with Crippen molar-refractivity contribution in [2.24, 2.45) is 0 Å². The Kier molecular flexibility index (Phi) is 2.34. The van der Waals surface area contributed by atoms with Crippen LogP contribution >= 0.6 is 11.3 Å². The van der Waals surface area contributed by atoms with E-state index in [9.17, 15) is 5.11 Å². The molecule has 2 fully saturated rings. The number of fused-ring (bicyclic) bond motifs is 1. The van der Waals surface area contributed by atoms with Crippen LogP contribution in [0.3, 0.4) is 0 Å². The van der Waals surface area contributed by atoms with Crippen molar-refractivity contribution in [2.75, 3.05) is 13.1 Å². The molecule has 0 radical (unpaired) electrons. The van der Waals surface area contributed by atoms with Gasteiger partial charge in [-0.3, -0.25) is 0 Å². The molecule has 0 aromatic carbocycles. The van der Waals surface area contributed by atoms with E-state index in [1.807, 2.05) is 0 Å². The lowest BCUT2D eigenvalue weighted by molar-refractivity contribution is -0.0405. The first-order chi connectivity index (χ1) is 7.28. The maximum absolute atomic E-state index is 10.7. The van der Waals surface area contributed by atoms with Gasteiger partial charge in [-0.05, 0) is 54.6 Å². The topological polar surface area (TPSA) is 23.5 Å². The van der Waals surface area contributed by atoms with Crippen LogP contribution < -0.4 is 0 Å². The standard InChI is InChI=1S/C12H17NOS/c14-12(10-3-7-15-9-10)4-6-13-5-1-2-11(13)8-12/h3,7,9,11,14H,1-2,4-6,8H2. The van der Waals surface area contributed by atoms with Crippen molar-refractivity contribution >= 4 is 11.3 Å². The van der Waals surface area contributed by atoms with E-state index in [1.54, 1.807) is 11.3 Å². The van der Waals surface area contributed by atoms with Gasteiger partial charge in [0.1, 0.15) is 0 Å². The summed E-state index contributed by atoms with van der Waals surface area (Å²) < 4.78 is 0. The Hall–Kier alpha value is -0.380. The minimum atomic E-state index is -0.536. The highest BCUT2D eigenvalue weighted by Crippen LogP contribution is 2.39. The van der Waals surface area contributed by atoms with Crippen molar-refractivity contribution in [1.29, 1.82) is 0 Å². The van der Waals surface area contributed by atoms with Crippen LogP contribution in [0.2, 0.25) is 0 Å². The predicted molar refractivity (Wildman–Crippen MR) is 62.0 cm³/mol. The molecule has 2 saturated heterocycles. The summed E-state index contributed by atoms with van der Waals surface area (Å²) in [6, 6.07) is 2.71. The van der Waals surface area contributed by atoms with Gasteiger partial charge in [-0.25, -0.2) is 0 Å². The van der Waals surface area contributed by atoms with Gasteiger partial charge in [-0.15, -0.1) is 0 Å². The van der Waals surface area contributed by atoms with Crippen LogP contribution in [0.15, 0.2) is 16.8 Å². The number of aliphatic hydroxyl groups is 1. The average Bonchev–Trinajstić information content (AvgIpc) is 2.87. The van der Waals surface area contributed by atoms with Crippen LogP contribution in [0.1, 0.15) is 31.2 Å². The van der Waals surface area contributed by atoms with E-state index in [2.05, 4.69) is 21.7 Å². The Morgan fingerprint density at radius 3 is 3.20 bits per heavy atom. The molecular formula is C12H17NOS. The molecule has 1 N–H and O–H groups in total. The normalized spacial score (nSPS) is 36.7. The Bertz CT molecular complexity index is 337. The molecule has 2 aliphatic rings. The molecule has 2 unspecified atom stereocenters. The second-order valence-corrected chi connectivity index (χ2v) is 5.61. The zero-order valence-corrected chi connectivity index (χ0v) is 9.67. The molecule has 0 aliphatic carbocycles. The molecule has 1 aromatic rings. The van der Waals surface area contributed by atoms with Gasteiger partial charge in [0.25, 0.3) is 0 Å². The summed E-state index contributed by atoms with van der Waals surface area (Å²) in [4.78, 5) is 2.54. The number of hydrogen-bond donors (Lipinski definition) is 1. The average molecular weight is 223 g/mol. The van der Waals surface area contributed by atoms with Crippen LogP contribution in [0.25, 0.3) is 0 Å². The fourth-order valence-electron chi connectivity index (χ4n) is 3.03. The maximum atomic E-state index is 10.7. The van der Waals surface area contributed by atoms with Crippen LogP contribution in [-0.2, 0) is 5.60 Å². The second-order valence-electron chi connectivity index (χ2n) is 4.83. The number of rotatable bonds is 1. The number of nitrogens with zero attached hydrogens (tertiary/aromatic N) is 1. The summed E-state index contributed by atoms with van der Waals surface area (Å²) in [5.74, 6) is 0. The predicted octanol–water partition coefficient (Wildman–Crippen LogP) is 2.19. The van der Waals surface area contributed by atoms with Gasteiger partial charge in [0, 0.05) is 12.6 Å². The lowest BCUT2D eigenvalue weighted by atomic mass is 9.82. The summed E-state index contributed by atoms with van der Waals surface area (Å²) in [7, 11) is 0. The highest BCUT2D eigenvalue weighted by molar-refractivity contribution is 7.08. The quantitative estimate of drug-likeness (QED) is 0.789. The summed E-state index contributed by atoms with van der Waals surface area (Å²) in [6.45, 7) is 2.31. The Labute approximate surface area is 94.5 Å². The Morgan fingerprint density at radius 2 is 2.40 bits per heavy atom. The molecule has 3 heteroatoms. The van der Waals surface area contributed by atoms with Crippen molar-refractivity contribution in [3.63, 3.8) is 0 Å². The lowest BCUT2D eigenvalue weighted by Crippen LogP contribution is -2.45. The smallest absolute Gasteiger partial charge is 0.0931 e. The van der Waals surface area contributed by atoms with Crippen molar-refractivity contribution in [1.82, 2.24) is 4.90 Å². The van der Waals surface area contributed by atoms with Gasteiger partial charge >= 0.3 is 0 Å². The number of piperidine rings is 1. The van der Waals surface area contributed by atoms with Gasteiger partial charge in [-0.1, -0.05) is 0 Å². The van der Waals surface area contributed by atoms with Gasteiger partial charge in [0.2, 0.25) is 0 Å². The lowest BCUT2D eigenvalue weighted by Gasteiger charge is -2.40. The van der Waals surface area contributed by atoms with E-state index in [4.69, 9.17) is 0 Å². The third-order valence-electron chi connectivity index (χ3n) is 3.94. The highest BCUT2D eigenvalue weighted by atomic mass is 32.1. The minimum Gasteiger partial charge on any atom is -0.385 e. The molecule has 2 aliphatic heterocycles. The van der Waals surface area contributed by atoms with Crippen LogP contribution in [0, 0.1) is 0 Å². The van der Waals surface area contributed by atoms with Crippen molar-refractivity contribution < 1.29 is 5.11 Å². The summed E-state index contributed by atoms with van der Waals surface area (Å²) in [5, 5.41) is 14.8. The summed E-state index contributed by atoms with van der Waals surface area (Å²) >= 11 is 1.68. The zero-order valence-electron chi connectivity index (χ0n) is 8.85.